The van der Waals surface area contributed by atoms with Crippen molar-refractivity contribution in [3.05, 3.63) is 78.1 Å². The average Bonchev–Trinajstić information content (AvgIpc) is 2.87. The Balaban J connectivity index is 1.86. The number of hydrogen-bond acceptors (Lipinski definition) is 4. The number of halogens is 1. The maximum Gasteiger partial charge on any atom is 0.243 e. The van der Waals surface area contributed by atoms with Crippen LogP contribution >= 0.6 is 0 Å². The van der Waals surface area contributed by atoms with Gasteiger partial charge in [0.1, 0.15) is 11.9 Å². The molecule has 9 heteroatoms. The van der Waals surface area contributed by atoms with Crippen LogP contribution in [-0.4, -0.2) is 55.1 Å². The fourth-order valence-corrected chi connectivity index (χ4v) is 4.89. The summed E-state index contributed by atoms with van der Waals surface area (Å²) in [6.45, 7) is 4.63. The van der Waals surface area contributed by atoms with Gasteiger partial charge in [-0.15, -0.1) is 0 Å². The molecule has 2 atom stereocenters. The quantitative estimate of drug-likeness (QED) is 0.445. The first-order valence-electron chi connectivity index (χ1n) is 11.8. The van der Waals surface area contributed by atoms with Crippen LogP contribution in [0.1, 0.15) is 32.8 Å². The smallest absolute Gasteiger partial charge is 0.243 e. The van der Waals surface area contributed by atoms with E-state index in [0.717, 1.165) is 15.1 Å². The molecule has 1 N–H and O–H groups in total. The Morgan fingerprint density at radius 3 is 2.28 bits per heavy atom. The molecule has 0 aliphatic heterocycles. The fourth-order valence-electron chi connectivity index (χ4n) is 3.73. The molecule has 0 saturated heterocycles. The van der Waals surface area contributed by atoms with Crippen molar-refractivity contribution in [1.82, 2.24) is 14.5 Å². The molecule has 0 aromatic heterocycles. The third-order valence-corrected chi connectivity index (χ3v) is 8.05. The normalized spacial score (nSPS) is 13.4. The van der Waals surface area contributed by atoms with Crippen molar-refractivity contribution in [3.63, 3.8) is 0 Å². The number of nitrogens with one attached hydrogen (secondary N) is 1. The Hall–Kier alpha value is -3.30. The predicted molar refractivity (Wildman–Crippen MR) is 138 cm³/mol. The molecular weight excluding hydrogens is 481 g/mol. The van der Waals surface area contributed by atoms with E-state index in [2.05, 4.69) is 5.32 Å². The highest BCUT2D eigenvalue weighted by Crippen LogP contribution is 2.22. The molecule has 0 radical (unpaired) electrons. The molecule has 3 rings (SSSR count). The standard InChI is InChI=1S/C27H32FN3O4S/c1-5-19(2)29-27(33)20(3)31(17-23-12-8-9-13-25(23)28)26(32)18-30(4)36(34,35)24-15-14-21-10-6-7-11-22(21)16-24/h6-16,19-20H,5,17-18H2,1-4H3,(H,29,33). The van der Waals surface area contributed by atoms with Gasteiger partial charge in [-0.1, -0.05) is 55.5 Å². The van der Waals surface area contributed by atoms with Gasteiger partial charge < -0.3 is 10.2 Å². The summed E-state index contributed by atoms with van der Waals surface area (Å²) in [6.07, 6.45) is 0.701. The topological polar surface area (TPSA) is 86.8 Å². The van der Waals surface area contributed by atoms with Crippen LogP contribution in [0.5, 0.6) is 0 Å². The number of hydrogen-bond donors (Lipinski definition) is 1. The van der Waals surface area contributed by atoms with E-state index in [4.69, 9.17) is 0 Å². The number of carbonyl (C=O) groups is 2. The number of likely N-dealkylation sites (N-methyl/N-ethyl adjacent to an activating group) is 1. The Bertz CT molecular complexity index is 1350. The molecule has 3 aromatic carbocycles. The van der Waals surface area contributed by atoms with E-state index in [1.54, 1.807) is 25.1 Å². The molecule has 0 spiro atoms. The lowest BCUT2D eigenvalue weighted by atomic mass is 10.1. The highest BCUT2D eigenvalue weighted by molar-refractivity contribution is 7.89. The molecule has 36 heavy (non-hydrogen) atoms. The number of carbonyl (C=O) groups excluding carboxylic acids is 2. The molecule has 0 heterocycles. The Kier molecular flexibility index (Phi) is 8.81. The van der Waals surface area contributed by atoms with E-state index in [-0.39, 0.29) is 23.0 Å². The van der Waals surface area contributed by atoms with Gasteiger partial charge in [0.15, 0.2) is 0 Å². The van der Waals surface area contributed by atoms with Crippen LogP contribution in [-0.2, 0) is 26.2 Å². The zero-order valence-corrected chi connectivity index (χ0v) is 21.8. The van der Waals surface area contributed by atoms with Crippen molar-refractivity contribution in [2.24, 2.45) is 0 Å². The maximum atomic E-state index is 14.4. The minimum absolute atomic E-state index is 0.0553. The monoisotopic (exact) mass is 513 g/mol. The largest absolute Gasteiger partial charge is 0.352 e. The molecule has 192 valence electrons. The highest BCUT2D eigenvalue weighted by Gasteiger charge is 2.31. The lowest BCUT2D eigenvalue weighted by Crippen LogP contribution is -2.52. The first-order valence-corrected chi connectivity index (χ1v) is 13.3. The van der Waals surface area contributed by atoms with Crippen molar-refractivity contribution < 1.29 is 22.4 Å². The van der Waals surface area contributed by atoms with Crippen LogP contribution in [0.25, 0.3) is 10.8 Å². The second-order valence-electron chi connectivity index (χ2n) is 8.88. The zero-order valence-electron chi connectivity index (χ0n) is 20.9. The van der Waals surface area contributed by atoms with E-state index < -0.39 is 40.2 Å². The maximum absolute atomic E-state index is 14.4. The average molecular weight is 514 g/mol. The van der Waals surface area contributed by atoms with Crippen molar-refractivity contribution in [2.45, 2.75) is 50.7 Å². The van der Waals surface area contributed by atoms with Crippen LogP contribution in [0.3, 0.4) is 0 Å². The van der Waals surface area contributed by atoms with E-state index in [1.165, 1.54) is 36.2 Å². The molecule has 2 unspecified atom stereocenters. The van der Waals surface area contributed by atoms with Gasteiger partial charge in [0.25, 0.3) is 0 Å². The highest BCUT2D eigenvalue weighted by atomic mass is 32.2. The van der Waals surface area contributed by atoms with E-state index >= 15 is 0 Å². The van der Waals surface area contributed by atoms with Gasteiger partial charge in [-0.05, 0) is 49.2 Å². The van der Waals surface area contributed by atoms with Gasteiger partial charge in [0, 0.05) is 25.2 Å². The molecule has 7 nitrogen and oxygen atoms in total. The van der Waals surface area contributed by atoms with Crippen molar-refractivity contribution in [3.8, 4) is 0 Å². The second-order valence-corrected chi connectivity index (χ2v) is 10.9. The van der Waals surface area contributed by atoms with E-state index in [0.29, 0.717) is 6.42 Å². The molecule has 0 saturated carbocycles. The predicted octanol–water partition coefficient (Wildman–Crippen LogP) is 3.93. The van der Waals surface area contributed by atoms with Crippen LogP contribution in [0.4, 0.5) is 4.39 Å². The summed E-state index contributed by atoms with van der Waals surface area (Å²) < 4.78 is 41.9. The number of fused-ring (bicyclic) bond motifs is 1. The molecule has 3 aromatic rings. The summed E-state index contributed by atoms with van der Waals surface area (Å²) in [4.78, 5) is 27.5. The van der Waals surface area contributed by atoms with Gasteiger partial charge >= 0.3 is 0 Å². The third-order valence-electron chi connectivity index (χ3n) is 6.25. The zero-order chi connectivity index (χ0) is 26.5. The SMILES string of the molecule is CCC(C)NC(=O)C(C)N(Cc1ccccc1F)C(=O)CN(C)S(=O)(=O)c1ccc2ccccc2c1. The minimum Gasteiger partial charge on any atom is -0.352 e. The van der Waals surface area contributed by atoms with E-state index in [9.17, 15) is 22.4 Å². The van der Waals surface area contributed by atoms with Crippen molar-refractivity contribution >= 4 is 32.6 Å². The molecule has 0 fully saturated rings. The minimum atomic E-state index is -4.00. The molecule has 0 aliphatic carbocycles. The summed E-state index contributed by atoms with van der Waals surface area (Å²) in [6, 6.07) is 17.1. The number of rotatable bonds is 10. The second kappa shape index (κ2) is 11.6. The van der Waals surface area contributed by atoms with Crippen LogP contribution in [0.2, 0.25) is 0 Å². The molecule has 2 amide bonds. The van der Waals surface area contributed by atoms with Crippen LogP contribution in [0.15, 0.2) is 71.6 Å². The molecular formula is C27H32FN3O4S. The Morgan fingerprint density at radius 1 is 0.972 bits per heavy atom. The lowest BCUT2D eigenvalue weighted by molar-refractivity contribution is -0.140. The summed E-state index contributed by atoms with van der Waals surface area (Å²) in [5.41, 5.74) is 0.231. The van der Waals surface area contributed by atoms with Crippen molar-refractivity contribution in [2.75, 3.05) is 13.6 Å². The number of sulfonamides is 1. The van der Waals surface area contributed by atoms with Crippen LogP contribution < -0.4 is 5.32 Å². The number of nitrogens with zero attached hydrogens (tertiary/aromatic N) is 2. The van der Waals surface area contributed by atoms with Gasteiger partial charge in [-0.3, -0.25) is 9.59 Å². The summed E-state index contributed by atoms with van der Waals surface area (Å²) >= 11 is 0. The number of benzene rings is 3. The van der Waals surface area contributed by atoms with Gasteiger partial charge in [0.05, 0.1) is 11.4 Å². The fraction of sp³-hybridized carbons (Fsp3) is 0.333. The van der Waals surface area contributed by atoms with E-state index in [1.807, 2.05) is 38.1 Å². The number of amides is 2. The Morgan fingerprint density at radius 2 is 1.61 bits per heavy atom. The van der Waals surface area contributed by atoms with Crippen molar-refractivity contribution in [1.29, 1.82) is 0 Å². The lowest BCUT2D eigenvalue weighted by Gasteiger charge is -2.31. The summed E-state index contributed by atoms with van der Waals surface area (Å²) in [5, 5.41) is 4.49. The third kappa shape index (κ3) is 6.27. The summed E-state index contributed by atoms with van der Waals surface area (Å²) in [5.74, 6) is -1.52. The first-order chi connectivity index (χ1) is 17.0. The summed E-state index contributed by atoms with van der Waals surface area (Å²) in [7, 11) is -2.68. The van der Waals surface area contributed by atoms with Gasteiger partial charge in [-0.2, -0.15) is 4.31 Å². The molecule has 0 aliphatic rings. The Labute approximate surface area is 212 Å². The van der Waals surface area contributed by atoms with Gasteiger partial charge in [0.2, 0.25) is 21.8 Å². The first kappa shape index (κ1) is 27.3. The molecule has 0 bridgehead atoms. The van der Waals surface area contributed by atoms with Gasteiger partial charge in [-0.25, -0.2) is 12.8 Å². The van der Waals surface area contributed by atoms with Crippen LogP contribution in [0, 0.1) is 5.82 Å².